The summed E-state index contributed by atoms with van der Waals surface area (Å²) in [4.78, 5) is 8.34. The van der Waals surface area contributed by atoms with Gasteiger partial charge in [-0.25, -0.2) is 14.4 Å². The molecule has 1 aromatic heterocycles. The minimum atomic E-state index is -0.246. The van der Waals surface area contributed by atoms with Gasteiger partial charge < -0.3 is 10.6 Å². The van der Waals surface area contributed by atoms with E-state index in [1.54, 1.807) is 18.2 Å². The Hall–Kier alpha value is -2.66. The van der Waals surface area contributed by atoms with E-state index in [0.29, 0.717) is 23.2 Å². The van der Waals surface area contributed by atoms with Gasteiger partial charge in [0.15, 0.2) is 0 Å². The molecule has 3 aromatic rings. The third-order valence-electron chi connectivity index (χ3n) is 3.15. The summed E-state index contributed by atoms with van der Waals surface area (Å²) in [5.41, 5.74) is 1.81. The van der Waals surface area contributed by atoms with Crippen LogP contribution in [0.15, 0.2) is 60.9 Å². The summed E-state index contributed by atoms with van der Waals surface area (Å²) in [6.07, 6.45) is 1.47. The van der Waals surface area contributed by atoms with E-state index < -0.39 is 0 Å². The molecule has 1 heterocycles. The quantitative estimate of drug-likeness (QED) is 0.717. The molecule has 6 heteroatoms. The topological polar surface area (TPSA) is 49.8 Å². The fourth-order valence-electron chi connectivity index (χ4n) is 2.03. The van der Waals surface area contributed by atoms with Crippen molar-refractivity contribution in [3.05, 3.63) is 77.3 Å². The first-order valence-corrected chi connectivity index (χ1v) is 7.40. The highest BCUT2D eigenvalue weighted by Crippen LogP contribution is 2.20. The Balaban J connectivity index is 1.66. The molecule has 0 radical (unpaired) electrons. The Kier molecular flexibility index (Phi) is 4.68. The molecule has 2 aromatic carbocycles. The number of anilines is 3. The Morgan fingerprint density at radius 1 is 0.957 bits per heavy atom. The van der Waals surface area contributed by atoms with Crippen molar-refractivity contribution in [2.24, 2.45) is 0 Å². The molecule has 0 unspecified atom stereocenters. The van der Waals surface area contributed by atoms with E-state index in [4.69, 9.17) is 11.6 Å². The van der Waals surface area contributed by atoms with Crippen LogP contribution in [0.2, 0.25) is 5.02 Å². The lowest BCUT2D eigenvalue weighted by molar-refractivity contribution is 0.627. The van der Waals surface area contributed by atoms with Crippen molar-refractivity contribution in [3.63, 3.8) is 0 Å². The normalized spacial score (nSPS) is 10.3. The number of hydrogen-bond acceptors (Lipinski definition) is 4. The van der Waals surface area contributed by atoms with Crippen molar-refractivity contribution in [3.8, 4) is 0 Å². The lowest BCUT2D eigenvalue weighted by Gasteiger charge is -2.09. The van der Waals surface area contributed by atoms with Crippen LogP contribution in [-0.4, -0.2) is 9.97 Å². The first-order valence-electron chi connectivity index (χ1n) is 7.02. The van der Waals surface area contributed by atoms with E-state index in [9.17, 15) is 4.39 Å². The molecule has 2 N–H and O–H groups in total. The first-order chi connectivity index (χ1) is 11.2. The summed E-state index contributed by atoms with van der Waals surface area (Å²) in [5.74, 6) is 1.08. The van der Waals surface area contributed by atoms with Crippen LogP contribution in [0.3, 0.4) is 0 Å². The summed E-state index contributed by atoms with van der Waals surface area (Å²) in [6, 6.07) is 15.5. The van der Waals surface area contributed by atoms with Crippen LogP contribution in [0.25, 0.3) is 0 Å². The fourth-order valence-corrected chi connectivity index (χ4v) is 2.22. The van der Waals surface area contributed by atoms with Crippen LogP contribution in [0, 0.1) is 5.82 Å². The Morgan fingerprint density at radius 2 is 1.74 bits per heavy atom. The van der Waals surface area contributed by atoms with Gasteiger partial charge in [0.2, 0.25) is 0 Å². The average Bonchev–Trinajstić information content (AvgIpc) is 2.55. The molecule has 0 atom stereocenters. The summed E-state index contributed by atoms with van der Waals surface area (Å²) in [6.45, 7) is 0.550. The molecular formula is C17H14ClFN4. The number of nitrogens with zero attached hydrogens (tertiary/aromatic N) is 2. The third-order valence-corrected chi connectivity index (χ3v) is 3.39. The van der Waals surface area contributed by atoms with E-state index in [0.717, 1.165) is 11.3 Å². The van der Waals surface area contributed by atoms with Crippen LogP contribution in [0.5, 0.6) is 0 Å². The highest BCUT2D eigenvalue weighted by Gasteiger charge is 2.01. The minimum Gasteiger partial charge on any atom is -0.366 e. The lowest BCUT2D eigenvalue weighted by atomic mass is 10.2. The summed E-state index contributed by atoms with van der Waals surface area (Å²) in [7, 11) is 0. The second-order valence-electron chi connectivity index (χ2n) is 4.90. The molecule has 0 bridgehead atoms. The third kappa shape index (κ3) is 4.40. The average molecular weight is 329 g/mol. The molecule has 0 fully saturated rings. The van der Waals surface area contributed by atoms with Gasteiger partial charge in [0.05, 0.1) is 0 Å². The SMILES string of the molecule is Fc1ccc(CNc2cc(Nc3cccc(Cl)c3)ncn2)cc1. The Bertz CT molecular complexity index is 793. The van der Waals surface area contributed by atoms with Crippen molar-refractivity contribution < 1.29 is 4.39 Å². The summed E-state index contributed by atoms with van der Waals surface area (Å²) in [5, 5.41) is 7.00. The second-order valence-corrected chi connectivity index (χ2v) is 5.34. The van der Waals surface area contributed by atoms with Gasteiger partial charge in [0.1, 0.15) is 23.8 Å². The zero-order valence-corrected chi connectivity index (χ0v) is 12.9. The van der Waals surface area contributed by atoms with E-state index in [-0.39, 0.29) is 5.82 Å². The molecule has 0 aliphatic rings. The maximum absolute atomic E-state index is 12.9. The number of rotatable bonds is 5. The van der Waals surface area contributed by atoms with Gasteiger partial charge in [-0.1, -0.05) is 29.8 Å². The predicted octanol–water partition coefficient (Wildman–Crippen LogP) is 4.62. The molecule has 116 valence electrons. The molecule has 0 aliphatic carbocycles. The molecule has 23 heavy (non-hydrogen) atoms. The molecule has 0 amide bonds. The van der Waals surface area contributed by atoms with Crippen LogP contribution < -0.4 is 10.6 Å². The lowest BCUT2D eigenvalue weighted by Crippen LogP contribution is -2.03. The van der Waals surface area contributed by atoms with Gasteiger partial charge in [-0.2, -0.15) is 0 Å². The zero-order chi connectivity index (χ0) is 16.1. The number of nitrogens with one attached hydrogen (secondary N) is 2. The Labute approximate surface area is 138 Å². The molecule has 0 saturated heterocycles. The maximum atomic E-state index is 12.9. The number of halogens is 2. The van der Waals surface area contributed by atoms with Crippen LogP contribution in [0.4, 0.5) is 21.7 Å². The fraction of sp³-hybridized carbons (Fsp3) is 0.0588. The molecule has 0 saturated carbocycles. The van der Waals surface area contributed by atoms with Gasteiger partial charge in [0, 0.05) is 23.3 Å². The highest BCUT2D eigenvalue weighted by molar-refractivity contribution is 6.30. The number of aromatic nitrogens is 2. The van der Waals surface area contributed by atoms with Crippen molar-refractivity contribution >= 4 is 28.9 Å². The van der Waals surface area contributed by atoms with Crippen LogP contribution in [-0.2, 0) is 6.54 Å². The van der Waals surface area contributed by atoms with Gasteiger partial charge in [0.25, 0.3) is 0 Å². The van der Waals surface area contributed by atoms with Crippen molar-refractivity contribution in [2.45, 2.75) is 6.54 Å². The van der Waals surface area contributed by atoms with Crippen molar-refractivity contribution in [1.29, 1.82) is 0 Å². The van der Waals surface area contributed by atoms with Crippen molar-refractivity contribution in [2.75, 3.05) is 10.6 Å². The van der Waals surface area contributed by atoms with Gasteiger partial charge in [-0.15, -0.1) is 0 Å². The van der Waals surface area contributed by atoms with Gasteiger partial charge in [-0.05, 0) is 35.9 Å². The van der Waals surface area contributed by atoms with E-state index in [1.807, 2.05) is 24.3 Å². The molecule has 0 spiro atoms. The van der Waals surface area contributed by atoms with Crippen LogP contribution in [0.1, 0.15) is 5.56 Å². The smallest absolute Gasteiger partial charge is 0.135 e. The van der Waals surface area contributed by atoms with E-state index >= 15 is 0 Å². The largest absolute Gasteiger partial charge is 0.366 e. The Morgan fingerprint density at radius 3 is 2.52 bits per heavy atom. The zero-order valence-electron chi connectivity index (χ0n) is 12.1. The molecule has 4 nitrogen and oxygen atoms in total. The number of benzene rings is 2. The number of hydrogen-bond donors (Lipinski definition) is 2. The predicted molar refractivity (Wildman–Crippen MR) is 90.5 cm³/mol. The molecular weight excluding hydrogens is 315 g/mol. The first kappa shape index (κ1) is 15.2. The van der Waals surface area contributed by atoms with E-state index in [2.05, 4.69) is 20.6 Å². The summed E-state index contributed by atoms with van der Waals surface area (Å²) >= 11 is 5.96. The van der Waals surface area contributed by atoms with E-state index in [1.165, 1.54) is 18.5 Å². The van der Waals surface area contributed by atoms with Gasteiger partial charge in [-0.3, -0.25) is 0 Å². The minimum absolute atomic E-state index is 0.246. The van der Waals surface area contributed by atoms with Crippen LogP contribution >= 0.6 is 11.6 Å². The highest BCUT2D eigenvalue weighted by atomic mass is 35.5. The van der Waals surface area contributed by atoms with Crippen molar-refractivity contribution in [1.82, 2.24) is 9.97 Å². The molecule has 0 aliphatic heterocycles. The van der Waals surface area contributed by atoms with Gasteiger partial charge >= 0.3 is 0 Å². The maximum Gasteiger partial charge on any atom is 0.135 e. The molecule has 3 rings (SSSR count). The second kappa shape index (κ2) is 7.07. The monoisotopic (exact) mass is 328 g/mol. The summed E-state index contributed by atoms with van der Waals surface area (Å²) < 4.78 is 12.9. The standard InChI is InChI=1S/C17H14ClFN4/c18-13-2-1-3-15(8-13)23-17-9-16(21-11-22-17)20-10-12-4-6-14(19)7-5-12/h1-9,11H,10H2,(H2,20,21,22,23).